The number of phosphoric ester groups is 1. The molecule has 0 rings (SSSR count). The molecule has 0 aliphatic rings. The number of ether oxygens (including phenoxy) is 2. The minimum Gasteiger partial charge on any atom is -0.480 e. The smallest absolute Gasteiger partial charge is 0.472 e. The lowest BCUT2D eigenvalue weighted by Crippen LogP contribution is -2.34. The Bertz CT molecular complexity index is 979. The number of aliphatic carboxylic acids is 1. The summed E-state index contributed by atoms with van der Waals surface area (Å²) in [6, 6.07) is -1.52. The van der Waals surface area contributed by atoms with E-state index in [1.807, 2.05) is 0 Å². The van der Waals surface area contributed by atoms with Gasteiger partial charge >= 0.3 is 25.7 Å². The van der Waals surface area contributed by atoms with Crippen molar-refractivity contribution in [3.63, 3.8) is 0 Å². The summed E-state index contributed by atoms with van der Waals surface area (Å²) in [5.41, 5.74) is 5.33. The third-order valence-electron chi connectivity index (χ3n) is 9.51. The molecule has 4 N–H and O–H groups in total. The number of carboxylic acids is 1. The molecule has 1 unspecified atom stereocenters. The first-order valence-electron chi connectivity index (χ1n) is 21.7. The van der Waals surface area contributed by atoms with Crippen LogP contribution in [-0.2, 0) is 37.5 Å². The monoisotopic (exact) mass is 790 g/mol. The predicted octanol–water partition coefficient (Wildman–Crippen LogP) is 11.3. The van der Waals surface area contributed by atoms with Gasteiger partial charge in [0.05, 0.1) is 13.2 Å². The number of rotatable bonds is 41. The van der Waals surface area contributed by atoms with Crippen molar-refractivity contribution in [3.8, 4) is 0 Å². The fourth-order valence-corrected chi connectivity index (χ4v) is 6.84. The Balaban J connectivity index is 4.28. The second-order valence-electron chi connectivity index (χ2n) is 14.8. The number of allylic oxidation sites excluding steroid dienone is 2. The van der Waals surface area contributed by atoms with Crippen molar-refractivity contribution >= 4 is 25.7 Å². The van der Waals surface area contributed by atoms with E-state index in [1.54, 1.807) is 0 Å². The first kappa shape index (κ1) is 52.2. The molecule has 0 aromatic rings. The summed E-state index contributed by atoms with van der Waals surface area (Å²) in [6.45, 7) is 2.80. The first-order chi connectivity index (χ1) is 26.1. The van der Waals surface area contributed by atoms with Gasteiger partial charge in [0.2, 0.25) is 0 Å². The SMILES string of the molecule is CCCCCCCCCC/C=C\CCCCCCCCCC(=O)OC[C@H](COP(=O)(O)OC[C@H](N)C(=O)O)OC(=O)CCCCCCCCCCCCC. The van der Waals surface area contributed by atoms with Crippen LogP contribution in [0.1, 0.15) is 206 Å². The van der Waals surface area contributed by atoms with E-state index in [0.29, 0.717) is 12.8 Å². The lowest BCUT2D eigenvalue weighted by atomic mass is 10.1. The number of carbonyl (C=O) groups excluding carboxylic acids is 2. The molecular weight excluding hydrogens is 709 g/mol. The molecule has 0 bridgehead atoms. The van der Waals surface area contributed by atoms with Crippen molar-refractivity contribution < 1.29 is 47.5 Å². The van der Waals surface area contributed by atoms with Gasteiger partial charge in [-0.15, -0.1) is 0 Å². The van der Waals surface area contributed by atoms with Crippen LogP contribution in [0.25, 0.3) is 0 Å². The maximum atomic E-state index is 12.6. The van der Waals surface area contributed by atoms with Gasteiger partial charge in [0, 0.05) is 12.8 Å². The van der Waals surface area contributed by atoms with Gasteiger partial charge in [-0.3, -0.25) is 23.4 Å². The molecule has 0 radical (unpaired) electrons. The number of esters is 2. The van der Waals surface area contributed by atoms with Crippen LogP contribution in [0.3, 0.4) is 0 Å². The number of hydrogen-bond acceptors (Lipinski definition) is 9. The van der Waals surface area contributed by atoms with E-state index in [4.69, 9.17) is 24.8 Å². The molecule has 0 aromatic carbocycles. The molecule has 0 fully saturated rings. The predicted molar refractivity (Wildman–Crippen MR) is 217 cm³/mol. The Labute approximate surface area is 328 Å². The fourth-order valence-electron chi connectivity index (χ4n) is 6.06. The van der Waals surface area contributed by atoms with E-state index in [-0.39, 0.29) is 19.4 Å². The molecule has 0 aliphatic carbocycles. The highest BCUT2D eigenvalue weighted by molar-refractivity contribution is 7.47. The zero-order valence-corrected chi connectivity index (χ0v) is 35.2. The number of carbonyl (C=O) groups is 3. The average Bonchev–Trinajstić information content (AvgIpc) is 3.14. The summed E-state index contributed by atoms with van der Waals surface area (Å²) < 4.78 is 32.6. The molecule has 318 valence electrons. The molecule has 3 atom stereocenters. The Kier molecular flexibility index (Phi) is 36.9. The van der Waals surface area contributed by atoms with E-state index < -0.39 is 51.1 Å². The van der Waals surface area contributed by atoms with Gasteiger partial charge in [0.15, 0.2) is 6.10 Å². The second kappa shape index (κ2) is 38.1. The molecule has 0 amide bonds. The molecule has 54 heavy (non-hydrogen) atoms. The molecule has 0 saturated heterocycles. The van der Waals surface area contributed by atoms with E-state index in [9.17, 15) is 23.8 Å². The first-order valence-corrected chi connectivity index (χ1v) is 23.2. The van der Waals surface area contributed by atoms with Crippen LogP contribution in [0.2, 0.25) is 0 Å². The van der Waals surface area contributed by atoms with E-state index in [0.717, 1.165) is 44.9 Å². The number of hydrogen-bond donors (Lipinski definition) is 3. The largest absolute Gasteiger partial charge is 0.480 e. The lowest BCUT2D eigenvalue weighted by Gasteiger charge is -2.20. The molecule has 0 spiro atoms. The van der Waals surface area contributed by atoms with Crippen LogP contribution < -0.4 is 5.73 Å². The number of carboxylic acid groups (broad SMARTS) is 1. The van der Waals surface area contributed by atoms with E-state index in [1.165, 1.54) is 122 Å². The molecular formula is C42H80NO10P. The van der Waals surface area contributed by atoms with Crippen molar-refractivity contribution in [1.29, 1.82) is 0 Å². The standard InChI is InChI=1S/C42H80NO10P/c1-3-5-7-9-11-13-15-16-17-18-19-20-21-22-24-25-27-29-31-33-40(44)50-35-38(36-51-54(48,49)52-37-39(43)42(46)47)53-41(45)34-32-30-28-26-23-14-12-10-8-6-4-2/h18-19,38-39H,3-17,20-37,43H2,1-2H3,(H,46,47)(H,48,49)/b19-18-/t38-,39+/m1/s1. The molecule has 0 aliphatic heterocycles. The van der Waals surface area contributed by atoms with Gasteiger partial charge in [-0.1, -0.05) is 167 Å². The topological polar surface area (TPSA) is 172 Å². The summed E-state index contributed by atoms with van der Waals surface area (Å²) in [5.74, 6) is -2.37. The Hall–Kier alpha value is -1.78. The summed E-state index contributed by atoms with van der Waals surface area (Å²) >= 11 is 0. The minimum atomic E-state index is -4.71. The number of phosphoric acid groups is 1. The second-order valence-corrected chi connectivity index (χ2v) is 16.3. The van der Waals surface area contributed by atoms with Crippen molar-refractivity contribution in [3.05, 3.63) is 12.2 Å². The maximum absolute atomic E-state index is 12.6. The van der Waals surface area contributed by atoms with Crippen LogP contribution in [-0.4, -0.2) is 59.9 Å². The normalized spacial score (nSPS) is 13.9. The molecule has 0 saturated carbocycles. The highest BCUT2D eigenvalue weighted by Gasteiger charge is 2.28. The van der Waals surface area contributed by atoms with Crippen LogP contribution in [0.15, 0.2) is 12.2 Å². The van der Waals surface area contributed by atoms with Gasteiger partial charge in [-0.2, -0.15) is 0 Å². The van der Waals surface area contributed by atoms with Crippen molar-refractivity contribution in [1.82, 2.24) is 0 Å². The van der Waals surface area contributed by atoms with Gasteiger partial charge in [-0.05, 0) is 38.5 Å². The third kappa shape index (κ3) is 37.2. The molecule has 0 heterocycles. The number of nitrogens with two attached hydrogens (primary N) is 1. The van der Waals surface area contributed by atoms with Crippen LogP contribution in [0, 0.1) is 0 Å². The lowest BCUT2D eigenvalue weighted by molar-refractivity contribution is -0.161. The van der Waals surface area contributed by atoms with Crippen molar-refractivity contribution in [2.24, 2.45) is 5.73 Å². The Morgan fingerprint density at radius 3 is 1.35 bits per heavy atom. The van der Waals surface area contributed by atoms with Crippen molar-refractivity contribution in [2.75, 3.05) is 19.8 Å². The van der Waals surface area contributed by atoms with Crippen molar-refractivity contribution in [2.45, 2.75) is 219 Å². The summed E-state index contributed by atoms with van der Waals surface area (Å²) in [5, 5.41) is 8.87. The number of unbranched alkanes of at least 4 members (excludes halogenated alkanes) is 25. The zero-order chi connectivity index (χ0) is 40.0. The van der Waals surface area contributed by atoms with Gasteiger partial charge in [0.1, 0.15) is 12.6 Å². The third-order valence-corrected chi connectivity index (χ3v) is 10.5. The van der Waals surface area contributed by atoms with Crippen LogP contribution in [0.4, 0.5) is 0 Å². The molecule has 11 nitrogen and oxygen atoms in total. The van der Waals surface area contributed by atoms with E-state index in [2.05, 4.69) is 30.5 Å². The van der Waals surface area contributed by atoms with Gasteiger partial charge < -0.3 is 25.2 Å². The highest BCUT2D eigenvalue weighted by atomic mass is 31.2. The molecule has 12 heteroatoms. The van der Waals surface area contributed by atoms with Crippen LogP contribution in [0.5, 0.6) is 0 Å². The molecule has 0 aromatic heterocycles. The quantitative estimate of drug-likeness (QED) is 0.0233. The van der Waals surface area contributed by atoms with E-state index >= 15 is 0 Å². The van der Waals surface area contributed by atoms with Gasteiger partial charge in [0.25, 0.3) is 0 Å². The van der Waals surface area contributed by atoms with Gasteiger partial charge in [-0.25, -0.2) is 4.57 Å². The summed E-state index contributed by atoms with van der Waals surface area (Å²) in [7, 11) is -4.71. The maximum Gasteiger partial charge on any atom is 0.472 e. The zero-order valence-electron chi connectivity index (χ0n) is 34.3. The fraction of sp³-hybridized carbons (Fsp3) is 0.881. The summed E-state index contributed by atoms with van der Waals surface area (Å²) in [4.78, 5) is 45.9. The Morgan fingerprint density at radius 2 is 0.926 bits per heavy atom. The highest BCUT2D eigenvalue weighted by Crippen LogP contribution is 2.43. The Morgan fingerprint density at radius 1 is 0.556 bits per heavy atom. The summed E-state index contributed by atoms with van der Waals surface area (Å²) in [6.07, 6.45) is 37.1. The van der Waals surface area contributed by atoms with Crippen LogP contribution >= 0.6 is 7.82 Å². The minimum absolute atomic E-state index is 0.165. The average molecular weight is 790 g/mol.